The number of hydrogen-bond acceptors (Lipinski definition) is 0. The molecule has 0 spiro atoms. The number of nitrogens with one attached hydrogen (secondary N) is 1. The van der Waals surface area contributed by atoms with Gasteiger partial charge in [-0.15, -0.1) is 0 Å². The molecule has 0 aliphatic rings. The number of hydrogen-bond donors (Lipinski definition) is 0. The average molecular weight is 242 g/mol. The molecule has 1 nitrogen and oxygen atoms in total. The third-order valence-corrected chi connectivity index (χ3v) is 1.93. The molecule has 0 heterocycles. The summed E-state index contributed by atoms with van der Waals surface area (Å²) in [4.78, 5) is 0. The molecule has 0 unspecified atom stereocenters. The van der Waals surface area contributed by atoms with Crippen LogP contribution in [-0.2, 0) is 18.9 Å². The van der Waals surface area contributed by atoms with Crippen molar-refractivity contribution in [3.63, 3.8) is 0 Å². The van der Waals surface area contributed by atoms with Gasteiger partial charge in [0.1, 0.15) is 0 Å². The van der Waals surface area contributed by atoms with Crippen molar-refractivity contribution in [3.8, 4) is 0 Å². The first-order valence-corrected chi connectivity index (χ1v) is 4.08. The van der Waals surface area contributed by atoms with Gasteiger partial charge in [0.2, 0.25) is 0 Å². The van der Waals surface area contributed by atoms with Crippen LogP contribution >= 0.6 is 0 Å². The van der Waals surface area contributed by atoms with Crippen LogP contribution in [0.25, 0.3) is 0 Å². The zero-order valence-corrected chi connectivity index (χ0v) is 7.71. The highest BCUT2D eigenvalue weighted by Crippen LogP contribution is 2.36. The van der Waals surface area contributed by atoms with Crippen LogP contribution < -0.4 is 5.73 Å². The van der Waals surface area contributed by atoms with Crippen molar-refractivity contribution in [1.29, 1.82) is 0 Å². The van der Waals surface area contributed by atoms with Gasteiger partial charge in [0, 0.05) is 6.54 Å². The Morgan fingerprint density at radius 1 is 0.938 bits per heavy atom. The van der Waals surface area contributed by atoms with Crippen LogP contribution in [0.3, 0.4) is 0 Å². The first-order chi connectivity index (χ1) is 7.16. The number of rotatable bonds is 1. The maximum Gasteiger partial charge on any atom is 0.416 e. The van der Waals surface area contributed by atoms with Crippen LogP contribution in [0.4, 0.5) is 26.3 Å². The minimum Gasteiger partial charge on any atom is -0.253 e. The summed E-state index contributed by atoms with van der Waals surface area (Å²) in [5, 5.41) is 0. The van der Waals surface area contributed by atoms with Gasteiger partial charge in [0.15, 0.2) is 0 Å². The van der Waals surface area contributed by atoms with Gasteiger partial charge in [-0.2, -0.15) is 26.3 Å². The van der Waals surface area contributed by atoms with Gasteiger partial charge < -0.3 is 0 Å². The normalized spacial score (nSPS) is 12.9. The molecule has 0 fully saturated rings. The largest absolute Gasteiger partial charge is 0.416 e. The van der Waals surface area contributed by atoms with Crippen LogP contribution in [0, 0.1) is 0 Å². The van der Waals surface area contributed by atoms with Crippen molar-refractivity contribution in [2.24, 2.45) is 0 Å². The minimum atomic E-state index is -4.74. The first kappa shape index (κ1) is 12.8. The van der Waals surface area contributed by atoms with E-state index >= 15 is 0 Å². The molecule has 0 aromatic heterocycles. The molecule has 1 N–H and O–H groups in total. The summed E-state index contributed by atoms with van der Waals surface area (Å²) >= 11 is 0. The zero-order chi connectivity index (χ0) is 12.6. The second-order valence-corrected chi connectivity index (χ2v) is 3.04. The maximum absolute atomic E-state index is 12.3. The standard InChI is InChI=1S/C9H6F6N/c10-8(11,12)6-1-2-7(9(13,14)15)5(3-6)4-16/h1-3,16H,4H2. The van der Waals surface area contributed by atoms with Crippen molar-refractivity contribution >= 4 is 0 Å². The Balaban J connectivity index is 3.28. The molecule has 0 aliphatic heterocycles. The molecular formula is C9H6F6N. The third kappa shape index (κ3) is 2.66. The summed E-state index contributed by atoms with van der Waals surface area (Å²) in [5.74, 6) is 0. The molecule has 1 radical (unpaired) electrons. The van der Waals surface area contributed by atoms with Crippen LogP contribution in [0.5, 0.6) is 0 Å². The quantitative estimate of drug-likeness (QED) is 0.673. The Kier molecular flexibility index (Phi) is 3.18. The summed E-state index contributed by atoms with van der Waals surface area (Å²) in [7, 11) is 0. The molecule has 0 amide bonds. The molecule has 89 valence electrons. The smallest absolute Gasteiger partial charge is 0.253 e. The lowest BCUT2D eigenvalue weighted by atomic mass is 10.0. The van der Waals surface area contributed by atoms with E-state index in [0.29, 0.717) is 18.2 Å². The number of halogens is 6. The van der Waals surface area contributed by atoms with Crippen molar-refractivity contribution < 1.29 is 26.3 Å². The van der Waals surface area contributed by atoms with E-state index in [2.05, 4.69) is 0 Å². The molecule has 0 bridgehead atoms. The second kappa shape index (κ2) is 3.97. The fourth-order valence-corrected chi connectivity index (χ4v) is 1.19. The molecule has 1 rings (SSSR count). The maximum atomic E-state index is 12.3. The molecule has 0 atom stereocenters. The van der Waals surface area contributed by atoms with Gasteiger partial charge in [-0.25, -0.2) is 0 Å². The van der Waals surface area contributed by atoms with Gasteiger partial charge in [0.25, 0.3) is 0 Å². The van der Waals surface area contributed by atoms with Crippen molar-refractivity contribution in [2.45, 2.75) is 18.9 Å². The van der Waals surface area contributed by atoms with Crippen molar-refractivity contribution in [2.75, 3.05) is 0 Å². The van der Waals surface area contributed by atoms with Gasteiger partial charge in [-0.1, -0.05) is 0 Å². The van der Waals surface area contributed by atoms with E-state index < -0.39 is 35.6 Å². The fraction of sp³-hybridized carbons (Fsp3) is 0.333. The van der Waals surface area contributed by atoms with Gasteiger partial charge in [-0.3, -0.25) is 5.73 Å². The third-order valence-electron chi connectivity index (χ3n) is 1.93. The summed E-state index contributed by atoms with van der Waals surface area (Å²) < 4.78 is 73.5. The summed E-state index contributed by atoms with van der Waals surface area (Å²) in [5.41, 5.74) is 3.74. The Morgan fingerprint density at radius 2 is 1.50 bits per heavy atom. The number of benzene rings is 1. The van der Waals surface area contributed by atoms with E-state index in [1.807, 2.05) is 0 Å². The zero-order valence-electron chi connectivity index (χ0n) is 7.71. The van der Waals surface area contributed by atoms with Crippen molar-refractivity contribution in [1.82, 2.24) is 5.73 Å². The molecule has 0 saturated heterocycles. The Morgan fingerprint density at radius 3 is 1.88 bits per heavy atom. The van der Waals surface area contributed by atoms with Crippen LogP contribution in [-0.4, -0.2) is 0 Å². The minimum absolute atomic E-state index is 0.354. The first-order valence-electron chi connectivity index (χ1n) is 4.08. The highest BCUT2D eigenvalue weighted by molar-refractivity contribution is 5.35. The molecule has 7 heteroatoms. The highest BCUT2D eigenvalue weighted by Gasteiger charge is 2.36. The predicted molar refractivity (Wildman–Crippen MR) is 43.2 cm³/mol. The second-order valence-electron chi connectivity index (χ2n) is 3.04. The summed E-state index contributed by atoms with van der Waals surface area (Å²) in [6.45, 7) is -0.848. The number of alkyl halides is 6. The molecule has 0 saturated carbocycles. The Labute approximate surface area is 86.9 Å². The van der Waals surface area contributed by atoms with E-state index in [1.165, 1.54) is 0 Å². The van der Waals surface area contributed by atoms with Crippen LogP contribution in [0.1, 0.15) is 16.7 Å². The van der Waals surface area contributed by atoms with Crippen LogP contribution in [0.15, 0.2) is 18.2 Å². The lowest BCUT2D eigenvalue weighted by Crippen LogP contribution is -2.12. The Bertz CT molecular complexity index is 379. The lowest BCUT2D eigenvalue weighted by Gasteiger charge is -2.14. The monoisotopic (exact) mass is 242 g/mol. The SMILES string of the molecule is [NH]Cc1cc(C(F)(F)F)ccc1C(F)(F)F. The van der Waals surface area contributed by atoms with Gasteiger partial charge >= 0.3 is 12.4 Å². The van der Waals surface area contributed by atoms with Gasteiger partial charge in [-0.05, 0) is 23.8 Å². The predicted octanol–water partition coefficient (Wildman–Crippen LogP) is 3.51. The van der Waals surface area contributed by atoms with E-state index in [-0.39, 0.29) is 0 Å². The fourth-order valence-electron chi connectivity index (χ4n) is 1.19. The summed E-state index contributed by atoms with van der Waals surface area (Å²) in [6.07, 6.45) is -9.44. The lowest BCUT2D eigenvalue weighted by molar-refractivity contribution is -0.141. The van der Waals surface area contributed by atoms with E-state index in [9.17, 15) is 26.3 Å². The molecule has 16 heavy (non-hydrogen) atoms. The highest BCUT2D eigenvalue weighted by atomic mass is 19.4. The van der Waals surface area contributed by atoms with Gasteiger partial charge in [0.05, 0.1) is 11.1 Å². The van der Waals surface area contributed by atoms with E-state index in [4.69, 9.17) is 5.73 Å². The van der Waals surface area contributed by atoms with E-state index in [1.54, 1.807) is 0 Å². The molecule has 1 aromatic rings. The van der Waals surface area contributed by atoms with Crippen molar-refractivity contribution in [3.05, 3.63) is 34.9 Å². The molecular weight excluding hydrogens is 236 g/mol. The molecule has 0 aliphatic carbocycles. The van der Waals surface area contributed by atoms with E-state index in [0.717, 1.165) is 0 Å². The van der Waals surface area contributed by atoms with Crippen LogP contribution in [0.2, 0.25) is 0 Å². The summed E-state index contributed by atoms with van der Waals surface area (Å²) in [6, 6.07) is 1.07. The topological polar surface area (TPSA) is 23.8 Å². The average Bonchev–Trinajstić information content (AvgIpc) is 2.14. The Hall–Kier alpha value is -1.24. The molecule has 1 aromatic carbocycles.